The van der Waals surface area contributed by atoms with Crippen LogP contribution >= 0.6 is 0 Å². The Morgan fingerprint density at radius 1 is 1.04 bits per heavy atom. The number of carbonyl (C=O) groups is 2. The summed E-state index contributed by atoms with van der Waals surface area (Å²) in [7, 11) is 0. The number of carbonyl (C=O) groups excluding carboxylic acids is 2. The van der Waals surface area contributed by atoms with Crippen LogP contribution in [0.4, 0.5) is 11.4 Å². The predicted molar refractivity (Wildman–Crippen MR) is 111 cm³/mol. The number of ether oxygens (including phenoxy) is 1. The van der Waals surface area contributed by atoms with Gasteiger partial charge in [0.25, 0.3) is 5.91 Å². The van der Waals surface area contributed by atoms with Gasteiger partial charge in [0, 0.05) is 32.2 Å². The van der Waals surface area contributed by atoms with Crippen molar-refractivity contribution >= 4 is 23.2 Å². The lowest BCUT2D eigenvalue weighted by molar-refractivity contribution is -0.114. The Balaban J connectivity index is 1.80. The van der Waals surface area contributed by atoms with E-state index in [4.69, 9.17) is 4.74 Å². The van der Waals surface area contributed by atoms with Gasteiger partial charge in [-0.15, -0.1) is 0 Å². The fraction of sp³-hybridized carbons (Fsp3) is 0.364. The third-order valence-corrected chi connectivity index (χ3v) is 4.94. The van der Waals surface area contributed by atoms with Crippen molar-refractivity contribution in [2.75, 3.05) is 36.5 Å². The van der Waals surface area contributed by atoms with Crippen LogP contribution in [0, 0.1) is 13.8 Å². The second kappa shape index (κ2) is 8.89. The van der Waals surface area contributed by atoms with Crippen molar-refractivity contribution in [3.05, 3.63) is 58.7 Å². The normalized spacial score (nSPS) is 13.9. The van der Waals surface area contributed by atoms with Gasteiger partial charge < -0.3 is 20.3 Å². The van der Waals surface area contributed by atoms with Crippen LogP contribution in [0.1, 0.15) is 34.0 Å². The number of aryl methyl sites for hydroxylation is 2. The van der Waals surface area contributed by atoms with Crippen LogP contribution in [0.2, 0.25) is 0 Å². The van der Waals surface area contributed by atoms with Crippen molar-refractivity contribution in [1.29, 1.82) is 0 Å². The van der Waals surface area contributed by atoms with Crippen molar-refractivity contribution in [3.8, 4) is 0 Å². The molecule has 1 saturated heterocycles. The summed E-state index contributed by atoms with van der Waals surface area (Å²) >= 11 is 0. The smallest absolute Gasteiger partial charge is 0.253 e. The van der Waals surface area contributed by atoms with Crippen LogP contribution in [-0.2, 0) is 16.1 Å². The lowest BCUT2D eigenvalue weighted by atomic mass is 10.1. The van der Waals surface area contributed by atoms with Gasteiger partial charge in [0.15, 0.2) is 0 Å². The molecule has 0 unspecified atom stereocenters. The Bertz CT molecular complexity index is 873. The first-order valence-corrected chi connectivity index (χ1v) is 9.52. The number of benzene rings is 2. The molecule has 0 radical (unpaired) electrons. The molecule has 148 valence electrons. The fourth-order valence-electron chi connectivity index (χ4n) is 3.26. The van der Waals surface area contributed by atoms with E-state index in [1.165, 1.54) is 18.1 Å². The molecule has 1 aliphatic rings. The second-order valence-electron chi connectivity index (χ2n) is 7.11. The molecule has 0 aliphatic carbocycles. The van der Waals surface area contributed by atoms with Crippen molar-refractivity contribution in [1.82, 2.24) is 5.32 Å². The van der Waals surface area contributed by atoms with Gasteiger partial charge in [0.1, 0.15) is 0 Å². The standard InChI is InChI=1S/C22H27N3O3/c1-15-4-5-18(12-16(15)2)14-23-22(27)20-7-6-19(24-17(3)26)13-21(20)25-8-10-28-11-9-25/h4-7,12-13H,8-11,14H2,1-3H3,(H,23,27)(H,24,26). The zero-order chi connectivity index (χ0) is 20.1. The second-order valence-corrected chi connectivity index (χ2v) is 7.11. The van der Waals surface area contributed by atoms with E-state index in [0.29, 0.717) is 44.1 Å². The van der Waals surface area contributed by atoms with Crippen LogP contribution in [-0.4, -0.2) is 38.1 Å². The Labute approximate surface area is 165 Å². The lowest BCUT2D eigenvalue weighted by Crippen LogP contribution is -2.38. The minimum Gasteiger partial charge on any atom is -0.378 e. The molecule has 0 aromatic heterocycles. The highest BCUT2D eigenvalue weighted by Crippen LogP contribution is 2.26. The largest absolute Gasteiger partial charge is 0.378 e. The Hall–Kier alpha value is -2.86. The molecule has 1 fully saturated rings. The van der Waals surface area contributed by atoms with Crippen molar-refractivity contribution in [2.45, 2.75) is 27.3 Å². The number of nitrogens with one attached hydrogen (secondary N) is 2. The van der Waals surface area contributed by atoms with Gasteiger partial charge >= 0.3 is 0 Å². The average Bonchev–Trinajstić information content (AvgIpc) is 2.69. The first-order chi connectivity index (χ1) is 13.4. The number of anilines is 2. The highest BCUT2D eigenvalue weighted by molar-refractivity contribution is 6.01. The summed E-state index contributed by atoms with van der Waals surface area (Å²) in [6.07, 6.45) is 0. The summed E-state index contributed by atoms with van der Waals surface area (Å²) in [5.41, 5.74) is 5.60. The molecular weight excluding hydrogens is 354 g/mol. The van der Waals surface area contributed by atoms with Gasteiger partial charge in [-0.05, 0) is 48.7 Å². The lowest BCUT2D eigenvalue weighted by Gasteiger charge is -2.30. The van der Waals surface area contributed by atoms with Crippen molar-refractivity contribution < 1.29 is 14.3 Å². The number of nitrogens with zero attached hydrogens (tertiary/aromatic N) is 1. The average molecular weight is 381 g/mol. The van der Waals surface area contributed by atoms with Crippen molar-refractivity contribution in [2.24, 2.45) is 0 Å². The van der Waals surface area contributed by atoms with Crippen LogP contribution in [0.25, 0.3) is 0 Å². The number of hydrogen-bond acceptors (Lipinski definition) is 4. The highest BCUT2D eigenvalue weighted by Gasteiger charge is 2.19. The van der Waals surface area contributed by atoms with Gasteiger partial charge in [0.05, 0.1) is 24.5 Å². The molecule has 3 rings (SSSR count). The summed E-state index contributed by atoms with van der Waals surface area (Å²) in [6.45, 7) is 8.74. The maximum Gasteiger partial charge on any atom is 0.253 e. The summed E-state index contributed by atoms with van der Waals surface area (Å²) in [4.78, 5) is 26.4. The maximum atomic E-state index is 12.9. The van der Waals surface area contributed by atoms with Crippen LogP contribution in [0.3, 0.4) is 0 Å². The molecule has 1 heterocycles. The number of hydrogen-bond donors (Lipinski definition) is 2. The van der Waals surface area contributed by atoms with E-state index in [-0.39, 0.29) is 11.8 Å². The summed E-state index contributed by atoms with van der Waals surface area (Å²) < 4.78 is 5.43. The van der Waals surface area contributed by atoms with Crippen LogP contribution in [0.15, 0.2) is 36.4 Å². The maximum absolute atomic E-state index is 12.9. The van der Waals surface area contributed by atoms with E-state index in [1.54, 1.807) is 12.1 Å². The summed E-state index contributed by atoms with van der Waals surface area (Å²) in [5, 5.41) is 5.81. The molecule has 0 bridgehead atoms. The number of morpholine rings is 1. The summed E-state index contributed by atoms with van der Waals surface area (Å²) in [6, 6.07) is 11.6. The van der Waals surface area contributed by atoms with Gasteiger partial charge in [-0.3, -0.25) is 9.59 Å². The fourth-order valence-corrected chi connectivity index (χ4v) is 3.26. The van der Waals surface area contributed by atoms with E-state index in [9.17, 15) is 9.59 Å². The molecule has 2 aromatic carbocycles. The molecule has 2 aromatic rings. The van der Waals surface area contributed by atoms with Crippen LogP contribution in [0.5, 0.6) is 0 Å². The van der Waals surface area contributed by atoms with E-state index < -0.39 is 0 Å². The molecule has 28 heavy (non-hydrogen) atoms. The van der Waals surface area contributed by atoms with E-state index >= 15 is 0 Å². The number of amides is 2. The predicted octanol–water partition coefficient (Wildman–Crippen LogP) is 3.03. The molecule has 0 atom stereocenters. The van der Waals surface area contributed by atoms with E-state index in [0.717, 1.165) is 11.3 Å². The molecule has 6 heteroatoms. The first-order valence-electron chi connectivity index (χ1n) is 9.52. The van der Waals surface area contributed by atoms with Gasteiger partial charge in [-0.25, -0.2) is 0 Å². The topological polar surface area (TPSA) is 70.7 Å². The van der Waals surface area contributed by atoms with Crippen molar-refractivity contribution in [3.63, 3.8) is 0 Å². The minimum absolute atomic E-state index is 0.130. The number of rotatable bonds is 5. The molecule has 0 saturated carbocycles. The third-order valence-electron chi connectivity index (χ3n) is 4.94. The van der Waals surface area contributed by atoms with E-state index in [2.05, 4.69) is 41.5 Å². The van der Waals surface area contributed by atoms with Gasteiger partial charge in [-0.2, -0.15) is 0 Å². The minimum atomic E-state index is -0.139. The van der Waals surface area contributed by atoms with Crippen LogP contribution < -0.4 is 15.5 Å². The summed E-state index contributed by atoms with van der Waals surface area (Å²) in [5.74, 6) is -0.269. The Kier molecular flexibility index (Phi) is 6.31. The SMILES string of the molecule is CC(=O)Nc1ccc(C(=O)NCc2ccc(C)c(C)c2)c(N2CCOCC2)c1. The van der Waals surface area contributed by atoms with Gasteiger partial charge in [-0.1, -0.05) is 18.2 Å². The Morgan fingerprint density at radius 3 is 2.46 bits per heavy atom. The zero-order valence-corrected chi connectivity index (χ0v) is 16.7. The molecule has 1 aliphatic heterocycles. The van der Waals surface area contributed by atoms with Gasteiger partial charge in [0.2, 0.25) is 5.91 Å². The Morgan fingerprint density at radius 2 is 1.79 bits per heavy atom. The first kappa shape index (κ1) is 19.9. The highest BCUT2D eigenvalue weighted by atomic mass is 16.5. The third kappa shape index (κ3) is 4.89. The van der Waals surface area contributed by atoms with E-state index in [1.807, 2.05) is 12.1 Å². The zero-order valence-electron chi connectivity index (χ0n) is 16.7. The molecule has 0 spiro atoms. The quantitative estimate of drug-likeness (QED) is 0.835. The molecule has 6 nitrogen and oxygen atoms in total. The molecular formula is C22H27N3O3. The monoisotopic (exact) mass is 381 g/mol. The molecule has 2 amide bonds. The molecule has 2 N–H and O–H groups in total.